The third-order valence-corrected chi connectivity index (χ3v) is 3.39. The van der Waals surface area contributed by atoms with Gasteiger partial charge in [0.1, 0.15) is 5.54 Å². The molecule has 0 heterocycles. The summed E-state index contributed by atoms with van der Waals surface area (Å²) in [5.41, 5.74) is -0.234. The third-order valence-electron chi connectivity index (χ3n) is 2.86. The maximum Gasteiger partial charge on any atom is 0.320 e. The summed E-state index contributed by atoms with van der Waals surface area (Å²) in [6.45, 7) is 3.68. The summed E-state index contributed by atoms with van der Waals surface area (Å²) >= 11 is 3.31. The van der Waals surface area contributed by atoms with Gasteiger partial charge in [-0.1, -0.05) is 29.8 Å². The number of carbonyl (C=O) groups excluding carboxylic acids is 2. The highest BCUT2D eigenvalue weighted by Gasteiger charge is 2.28. The number of anilines is 1. The molecule has 0 aliphatic rings. The van der Waals surface area contributed by atoms with Gasteiger partial charge in [-0.2, -0.15) is 0 Å². The third kappa shape index (κ3) is 3.84. The molecule has 0 unspecified atom stereocenters. The van der Waals surface area contributed by atoms with Crippen LogP contribution in [0.25, 0.3) is 0 Å². The van der Waals surface area contributed by atoms with E-state index >= 15 is 0 Å². The molecule has 18 heavy (non-hydrogen) atoms. The second kappa shape index (κ2) is 6.54. The number of amides is 2. The number of benzene rings is 1. The fourth-order valence-electron chi connectivity index (χ4n) is 1.51. The smallest absolute Gasteiger partial charge is 0.320 e. The Morgan fingerprint density at radius 1 is 1.28 bits per heavy atom. The van der Waals surface area contributed by atoms with Crippen LogP contribution in [0.2, 0.25) is 0 Å². The highest BCUT2D eigenvalue weighted by Crippen LogP contribution is 2.15. The molecule has 5 heteroatoms. The van der Waals surface area contributed by atoms with E-state index in [4.69, 9.17) is 0 Å². The predicted octanol–water partition coefficient (Wildman–Crippen LogP) is 3.24. The lowest BCUT2D eigenvalue weighted by Crippen LogP contribution is -2.50. The Morgan fingerprint density at radius 3 is 2.28 bits per heavy atom. The van der Waals surface area contributed by atoms with Crippen LogP contribution in [0.1, 0.15) is 26.7 Å². The highest BCUT2D eigenvalue weighted by molar-refractivity contribution is 9.10. The monoisotopic (exact) mass is 311 g/mol. The van der Waals surface area contributed by atoms with Crippen LogP contribution < -0.4 is 10.6 Å². The number of rotatable bonds is 5. The minimum Gasteiger partial charge on any atom is -0.325 e. The van der Waals surface area contributed by atoms with Crippen LogP contribution in [0.15, 0.2) is 28.7 Å². The first-order valence-corrected chi connectivity index (χ1v) is 6.58. The lowest BCUT2D eigenvalue weighted by molar-refractivity contribution is 0.242. The summed E-state index contributed by atoms with van der Waals surface area (Å²) in [4.78, 5) is 22.7. The van der Waals surface area contributed by atoms with Crippen LogP contribution in [-0.4, -0.2) is 17.9 Å². The van der Waals surface area contributed by atoms with Crippen molar-refractivity contribution in [2.45, 2.75) is 32.2 Å². The van der Waals surface area contributed by atoms with E-state index in [2.05, 4.69) is 26.6 Å². The quantitative estimate of drug-likeness (QED) is 0.877. The van der Waals surface area contributed by atoms with E-state index in [1.165, 1.54) is 0 Å². The molecule has 0 aliphatic carbocycles. The SMILES string of the molecule is CCC([C]=O)(CC)NC(=O)Nc1ccc(Br)cc1. The first kappa shape index (κ1) is 14.7. The Bertz CT molecular complexity index is 414. The lowest BCUT2D eigenvalue weighted by atomic mass is 9.95. The number of urea groups is 1. The summed E-state index contributed by atoms with van der Waals surface area (Å²) in [5.74, 6) is 0. The van der Waals surface area contributed by atoms with Crippen molar-refractivity contribution < 1.29 is 9.59 Å². The molecule has 0 saturated carbocycles. The normalized spacial score (nSPS) is 10.8. The van der Waals surface area contributed by atoms with Gasteiger partial charge in [0.2, 0.25) is 6.29 Å². The zero-order valence-electron chi connectivity index (χ0n) is 10.4. The predicted molar refractivity (Wildman–Crippen MR) is 75.3 cm³/mol. The summed E-state index contributed by atoms with van der Waals surface area (Å²) in [6, 6.07) is 6.80. The van der Waals surface area contributed by atoms with Crippen LogP contribution in [0.3, 0.4) is 0 Å². The molecule has 0 atom stereocenters. The average Bonchev–Trinajstić information content (AvgIpc) is 2.39. The van der Waals surface area contributed by atoms with Gasteiger partial charge in [-0.25, -0.2) is 4.79 Å². The highest BCUT2D eigenvalue weighted by atomic mass is 79.9. The van der Waals surface area contributed by atoms with Crippen molar-refractivity contribution >= 4 is 33.9 Å². The van der Waals surface area contributed by atoms with Gasteiger partial charge in [0.15, 0.2) is 0 Å². The molecule has 0 aromatic heterocycles. The topological polar surface area (TPSA) is 58.2 Å². The van der Waals surface area contributed by atoms with Gasteiger partial charge in [-0.05, 0) is 37.1 Å². The molecule has 2 amide bonds. The molecule has 0 spiro atoms. The molecule has 0 aliphatic heterocycles. The Balaban J connectivity index is 2.66. The fraction of sp³-hybridized carbons (Fsp3) is 0.385. The van der Waals surface area contributed by atoms with Crippen molar-refractivity contribution in [2.75, 3.05) is 5.32 Å². The fourth-order valence-corrected chi connectivity index (χ4v) is 1.77. The molecule has 1 aromatic rings. The van der Waals surface area contributed by atoms with Crippen molar-refractivity contribution in [2.24, 2.45) is 0 Å². The lowest BCUT2D eigenvalue weighted by Gasteiger charge is -2.25. The second-order valence-electron chi connectivity index (χ2n) is 3.98. The molecule has 1 rings (SSSR count). The second-order valence-corrected chi connectivity index (χ2v) is 4.89. The standard InChI is InChI=1S/C13H16BrN2O2/c1-3-13(4-2,9-17)16-12(18)15-11-7-5-10(14)6-8-11/h5-8H,3-4H2,1-2H3,(H2,15,16,18). The van der Waals surface area contributed by atoms with Gasteiger partial charge in [-0.3, -0.25) is 4.79 Å². The van der Waals surface area contributed by atoms with Crippen LogP contribution >= 0.6 is 15.9 Å². The van der Waals surface area contributed by atoms with Crippen molar-refractivity contribution in [3.8, 4) is 0 Å². The largest absolute Gasteiger partial charge is 0.325 e. The van der Waals surface area contributed by atoms with Crippen LogP contribution in [-0.2, 0) is 4.79 Å². The van der Waals surface area contributed by atoms with Crippen LogP contribution in [0, 0.1) is 0 Å². The molecule has 1 aromatic carbocycles. The molecular weight excluding hydrogens is 296 g/mol. The van der Waals surface area contributed by atoms with Gasteiger partial charge in [0.25, 0.3) is 0 Å². The van der Waals surface area contributed by atoms with Crippen molar-refractivity contribution in [3.05, 3.63) is 28.7 Å². The van der Waals surface area contributed by atoms with Gasteiger partial charge in [-0.15, -0.1) is 0 Å². The van der Waals surface area contributed by atoms with E-state index in [9.17, 15) is 9.59 Å². The van der Waals surface area contributed by atoms with E-state index < -0.39 is 11.6 Å². The Kier molecular flexibility index (Phi) is 5.34. The first-order valence-electron chi connectivity index (χ1n) is 5.79. The zero-order chi connectivity index (χ0) is 13.6. The van der Waals surface area contributed by atoms with E-state index in [1.54, 1.807) is 12.1 Å². The molecule has 2 N–H and O–H groups in total. The summed E-state index contributed by atoms with van der Waals surface area (Å²) in [5, 5.41) is 5.33. The van der Waals surface area contributed by atoms with Gasteiger partial charge in [0, 0.05) is 10.2 Å². The molecular formula is C13H16BrN2O2. The van der Waals surface area contributed by atoms with Gasteiger partial charge >= 0.3 is 6.03 Å². The average molecular weight is 312 g/mol. The number of hydrogen-bond donors (Lipinski definition) is 2. The maximum atomic E-state index is 11.8. The van der Waals surface area contributed by atoms with Gasteiger partial charge in [0.05, 0.1) is 0 Å². The molecule has 97 valence electrons. The molecule has 0 fully saturated rings. The molecule has 0 bridgehead atoms. The minimum atomic E-state index is -0.903. The van der Waals surface area contributed by atoms with Crippen molar-refractivity contribution in [1.82, 2.24) is 5.32 Å². The van der Waals surface area contributed by atoms with Crippen LogP contribution in [0.4, 0.5) is 10.5 Å². The zero-order valence-corrected chi connectivity index (χ0v) is 12.0. The van der Waals surface area contributed by atoms with Crippen molar-refractivity contribution in [1.29, 1.82) is 0 Å². The number of nitrogens with one attached hydrogen (secondary N) is 2. The summed E-state index contributed by atoms with van der Waals surface area (Å²) in [6.07, 6.45) is 2.94. The number of hydrogen-bond acceptors (Lipinski definition) is 2. The Morgan fingerprint density at radius 2 is 1.83 bits per heavy atom. The Hall–Kier alpha value is -1.36. The van der Waals surface area contributed by atoms with E-state index in [-0.39, 0.29) is 0 Å². The van der Waals surface area contributed by atoms with Crippen LogP contribution in [0.5, 0.6) is 0 Å². The summed E-state index contributed by atoms with van der Waals surface area (Å²) in [7, 11) is 0. The van der Waals surface area contributed by atoms with E-state index in [0.29, 0.717) is 18.5 Å². The number of carbonyl (C=O) groups is 1. The molecule has 1 radical (unpaired) electrons. The van der Waals surface area contributed by atoms with Crippen molar-refractivity contribution in [3.63, 3.8) is 0 Å². The molecule has 0 saturated heterocycles. The molecule has 4 nitrogen and oxygen atoms in total. The first-order chi connectivity index (χ1) is 8.55. The van der Waals surface area contributed by atoms with Gasteiger partial charge < -0.3 is 10.6 Å². The maximum absolute atomic E-state index is 11.8. The summed E-state index contributed by atoms with van der Waals surface area (Å²) < 4.78 is 0.936. The minimum absolute atomic E-state index is 0.399. The number of halogens is 1. The van der Waals surface area contributed by atoms with E-state index in [0.717, 1.165) is 4.47 Å². The Labute approximate surface area is 115 Å². The van der Waals surface area contributed by atoms with E-state index in [1.807, 2.05) is 32.3 Å².